The number of allylic oxidation sites excluding steroid dienone is 1. The fourth-order valence-electron chi connectivity index (χ4n) is 2.48. The molecule has 24 heavy (non-hydrogen) atoms. The summed E-state index contributed by atoms with van der Waals surface area (Å²) in [4.78, 5) is 12.6. The van der Waals surface area contributed by atoms with Gasteiger partial charge in [-0.3, -0.25) is 14.5 Å². The number of halogens is 1. The first-order valence-corrected chi connectivity index (χ1v) is 8.54. The molecule has 0 aliphatic rings. The van der Waals surface area contributed by atoms with Crippen LogP contribution in [0.1, 0.15) is 42.5 Å². The molecule has 2 N–H and O–H groups in total. The van der Waals surface area contributed by atoms with Crippen LogP contribution in [0.15, 0.2) is 36.9 Å². The van der Waals surface area contributed by atoms with Gasteiger partial charge in [-0.05, 0) is 36.7 Å². The summed E-state index contributed by atoms with van der Waals surface area (Å²) in [6, 6.07) is 6.69. The van der Waals surface area contributed by atoms with Crippen LogP contribution >= 0.6 is 23.8 Å². The van der Waals surface area contributed by atoms with Crippen LogP contribution in [0.2, 0.25) is 5.02 Å². The number of aromatic amines is 1. The highest BCUT2D eigenvalue weighted by Gasteiger charge is 2.23. The van der Waals surface area contributed by atoms with E-state index < -0.39 is 0 Å². The number of H-pyrrole nitrogens is 1. The summed E-state index contributed by atoms with van der Waals surface area (Å²) in [6.07, 6.45) is 2.48. The molecule has 1 aromatic heterocycles. The average Bonchev–Trinajstić information content (AvgIpc) is 2.88. The molecule has 1 unspecified atom stereocenters. The molecule has 0 bridgehead atoms. The van der Waals surface area contributed by atoms with Crippen LogP contribution in [0.4, 0.5) is 0 Å². The molecule has 0 saturated carbocycles. The molecule has 7 heteroatoms. The number of carbonyl (C=O) groups is 1. The van der Waals surface area contributed by atoms with Gasteiger partial charge in [0.15, 0.2) is 10.6 Å². The highest BCUT2D eigenvalue weighted by atomic mass is 35.5. The van der Waals surface area contributed by atoms with Crippen LogP contribution in [0.5, 0.6) is 0 Å². The van der Waals surface area contributed by atoms with E-state index in [-0.39, 0.29) is 11.9 Å². The third-order valence-corrected chi connectivity index (χ3v) is 4.18. The van der Waals surface area contributed by atoms with E-state index in [9.17, 15) is 4.79 Å². The second-order valence-corrected chi connectivity index (χ2v) is 6.72. The van der Waals surface area contributed by atoms with Crippen molar-refractivity contribution in [1.29, 1.82) is 0 Å². The van der Waals surface area contributed by atoms with Gasteiger partial charge in [0.05, 0.1) is 16.6 Å². The topological polar surface area (TPSA) is 62.7 Å². The number of hydrogen-bond donors (Lipinski definition) is 2. The Kier molecular flexibility index (Phi) is 6.34. The molecule has 5 nitrogen and oxygen atoms in total. The van der Waals surface area contributed by atoms with Crippen molar-refractivity contribution < 1.29 is 4.79 Å². The summed E-state index contributed by atoms with van der Waals surface area (Å²) in [5, 5.41) is 10.5. The maximum absolute atomic E-state index is 12.6. The lowest BCUT2D eigenvalue weighted by atomic mass is 10.0. The lowest BCUT2D eigenvalue weighted by molar-refractivity contribution is 0.0929. The summed E-state index contributed by atoms with van der Waals surface area (Å²) < 4.78 is 2.34. The second-order valence-electron chi connectivity index (χ2n) is 5.92. The van der Waals surface area contributed by atoms with E-state index in [2.05, 4.69) is 35.9 Å². The van der Waals surface area contributed by atoms with Gasteiger partial charge in [0.1, 0.15) is 0 Å². The first-order valence-electron chi connectivity index (χ1n) is 7.75. The van der Waals surface area contributed by atoms with Gasteiger partial charge in [-0.25, -0.2) is 0 Å². The van der Waals surface area contributed by atoms with Crippen molar-refractivity contribution >= 4 is 29.7 Å². The molecule has 1 amide bonds. The minimum Gasteiger partial charge on any atom is -0.342 e. The van der Waals surface area contributed by atoms with Crippen molar-refractivity contribution in [2.24, 2.45) is 5.92 Å². The van der Waals surface area contributed by atoms with Crippen LogP contribution in [0, 0.1) is 10.7 Å². The minimum absolute atomic E-state index is 0.231. The van der Waals surface area contributed by atoms with E-state index in [0.717, 1.165) is 6.42 Å². The Bertz CT molecular complexity index is 781. The van der Waals surface area contributed by atoms with Crippen LogP contribution in [-0.4, -0.2) is 20.7 Å². The lowest BCUT2D eigenvalue weighted by Gasteiger charge is -2.21. The molecule has 1 heterocycles. The number of rotatable bonds is 7. The molecule has 0 spiro atoms. The van der Waals surface area contributed by atoms with Crippen molar-refractivity contribution in [2.45, 2.75) is 32.9 Å². The SMILES string of the molecule is C=CCn1c(C(CC(C)C)NC(=O)c2ccccc2Cl)n[nH]c1=S. The Hall–Kier alpha value is -1.92. The van der Waals surface area contributed by atoms with Gasteiger partial charge < -0.3 is 5.32 Å². The van der Waals surface area contributed by atoms with Crippen molar-refractivity contribution in [3.63, 3.8) is 0 Å². The van der Waals surface area contributed by atoms with Gasteiger partial charge in [0.2, 0.25) is 0 Å². The van der Waals surface area contributed by atoms with E-state index in [1.165, 1.54) is 0 Å². The molecule has 2 rings (SSSR count). The first-order chi connectivity index (χ1) is 11.4. The van der Waals surface area contributed by atoms with Gasteiger partial charge in [-0.2, -0.15) is 5.10 Å². The van der Waals surface area contributed by atoms with Gasteiger partial charge in [0, 0.05) is 6.54 Å². The zero-order chi connectivity index (χ0) is 17.7. The first kappa shape index (κ1) is 18.4. The molecule has 0 aliphatic heterocycles. The predicted octanol–water partition coefficient (Wildman–Crippen LogP) is 4.30. The van der Waals surface area contributed by atoms with Gasteiger partial charge >= 0.3 is 0 Å². The van der Waals surface area contributed by atoms with E-state index in [1.807, 2.05) is 4.57 Å². The molecule has 0 fully saturated rings. The largest absolute Gasteiger partial charge is 0.342 e. The van der Waals surface area contributed by atoms with Gasteiger partial charge in [-0.1, -0.05) is 43.7 Å². The van der Waals surface area contributed by atoms with Gasteiger partial charge in [0.25, 0.3) is 5.91 Å². The third-order valence-electron chi connectivity index (χ3n) is 3.54. The normalized spacial score (nSPS) is 12.2. The zero-order valence-corrected chi connectivity index (χ0v) is 15.3. The molecular formula is C17H21ClN4OS. The number of hydrogen-bond acceptors (Lipinski definition) is 3. The third kappa shape index (κ3) is 4.33. The quantitative estimate of drug-likeness (QED) is 0.568. The number of amides is 1. The maximum atomic E-state index is 12.6. The number of benzene rings is 1. The monoisotopic (exact) mass is 364 g/mol. The van der Waals surface area contributed by atoms with Crippen molar-refractivity contribution in [1.82, 2.24) is 20.1 Å². The zero-order valence-electron chi connectivity index (χ0n) is 13.8. The van der Waals surface area contributed by atoms with E-state index in [4.69, 9.17) is 23.8 Å². The number of nitrogens with zero attached hydrogens (tertiary/aromatic N) is 2. The predicted molar refractivity (Wildman–Crippen MR) is 98.7 cm³/mol. The van der Waals surface area contributed by atoms with E-state index in [0.29, 0.717) is 33.6 Å². The highest BCUT2D eigenvalue weighted by molar-refractivity contribution is 7.71. The lowest BCUT2D eigenvalue weighted by Crippen LogP contribution is -2.31. The molecule has 1 aromatic carbocycles. The number of nitrogens with one attached hydrogen (secondary N) is 2. The fraction of sp³-hybridized carbons (Fsp3) is 0.353. The molecule has 0 aliphatic carbocycles. The second kappa shape index (κ2) is 8.26. The van der Waals surface area contributed by atoms with Gasteiger partial charge in [-0.15, -0.1) is 6.58 Å². The average molecular weight is 365 g/mol. The molecular weight excluding hydrogens is 344 g/mol. The van der Waals surface area contributed by atoms with Crippen LogP contribution in [0.3, 0.4) is 0 Å². The van der Waals surface area contributed by atoms with Crippen molar-refractivity contribution in [3.05, 3.63) is 58.1 Å². The number of aromatic nitrogens is 3. The van der Waals surface area contributed by atoms with Crippen molar-refractivity contribution in [3.8, 4) is 0 Å². The molecule has 0 radical (unpaired) electrons. The summed E-state index contributed by atoms with van der Waals surface area (Å²) >= 11 is 11.4. The Morgan fingerprint density at radius 1 is 1.50 bits per heavy atom. The summed E-state index contributed by atoms with van der Waals surface area (Å²) in [5.41, 5.74) is 0.442. The maximum Gasteiger partial charge on any atom is 0.253 e. The Balaban J connectivity index is 2.33. The standard InChI is InChI=1S/C17H21ClN4OS/c1-4-9-22-15(20-21-17(22)24)14(10-11(2)3)19-16(23)12-7-5-6-8-13(12)18/h4-8,11,14H,1,9-10H2,2-3H3,(H,19,23)(H,21,24). The van der Waals surface area contributed by atoms with Crippen LogP contribution < -0.4 is 5.32 Å². The molecule has 1 atom stereocenters. The summed E-state index contributed by atoms with van der Waals surface area (Å²) in [5.74, 6) is 0.823. The Morgan fingerprint density at radius 3 is 2.83 bits per heavy atom. The molecule has 2 aromatic rings. The Labute approximate surface area is 151 Å². The minimum atomic E-state index is -0.276. The number of carbonyl (C=O) groups excluding carboxylic acids is 1. The highest BCUT2D eigenvalue weighted by Crippen LogP contribution is 2.22. The Morgan fingerprint density at radius 2 is 2.21 bits per heavy atom. The summed E-state index contributed by atoms with van der Waals surface area (Å²) in [7, 11) is 0. The van der Waals surface area contributed by atoms with Crippen molar-refractivity contribution in [2.75, 3.05) is 0 Å². The van der Waals surface area contributed by atoms with E-state index in [1.54, 1.807) is 30.3 Å². The molecule has 128 valence electrons. The smallest absolute Gasteiger partial charge is 0.253 e. The van der Waals surface area contributed by atoms with Crippen LogP contribution in [0.25, 0.3) is 0 Å². The fourth-order valence-corrected chi connectivity index (χ4v) is 2.92. The summed E-state index contributed by atoms with van der Waals surface area (Å²) in [6.45, 7) is 8.46. The van der Waals surface area contributed by atoms with Crippen LogP contribution in [-0.2, 0) is 6.54 Å². The van der Waals surface area contributed by atoms with E-state index >= 15 is 0 Å². The molecule has 0 saturated heterocycles.